The third-order valence-electron chi connectivity index (χ3n) is 4.25. The number of rotatable bonds is 7. The number of hydrogen-bond acceptors (Lipinski definition) is 2. The van der Waals surface area contributed by atoms with Crippen LogP contribution in [-0.2, 0) is 22.4 Å². The molecule has 0 aliphatic rings. The molecule has 2 amide bonds. The Labute approximate surface area is 142 Å². The third-order valence-corrected chi connectivity index (χ3v) is 4.25. The molecule has 4 N–H and O–H groups in total. The summed E-state index contributed by atoms with van der Waals surface area (Å²) in [6, 6.07) is 12.2. The van der Waals surface area contributed by atoms with Crippen molar-refractivity contribution in [1.82, 2.24) is 0 Å². The Hall–Kier alpha value is -2.62. The van der Waals surface area contributed by atoms with Crippen LogP contribution in [0.3, 0.4) is 0 Å². The minimum atomic E-state index is -0.304. The normalized spacial score (nSPS) is 10.6. The average molecular weight is 324 g/mol. The Kier molecular flexibility index (Phi) is 5.74. The second-order valence-electron chi connectivity index (χ2n) is 6.15. The second-order valence-corrected chi connectivity index (χ2v) is 6.15. The molecule has 4 heteroatoms. The van der Waals surface area contributed by atoms with Crippen molar-refractivity contribution in [2.75, 3.05) is 0 Å². The predicted octanol–water partition coefficient (Wildman–Crippen LogP) is 2.81. The van der Waals surface area contributed by atoms with E-state index in [1.807, 2.05) is 24.3 Å². The van der Waals surface area contributed by atoms with E-state index in [0.717, 1.165) is 33.4 Å². The summed E-state index contributed by atoms with van der Waals surface area (Å²) in [6.07, 6.45) is 1.85. The predicted molar refractivity (Wildman–Crippen MR) is 96.4 cm³/mol. The van der Waals surface area contributed by atoms with Gasteiger partial charge in [0.15, 0.2) is 0 Å². The maximum absolute atomic E-state index is 11.2. The highest BCUT2D eigenvalue weighted by Gasteiger charge is 2.15. The van der Waals surface area contributed by atoms with E-state index in [2.05, 4.69) is 26.0 Å². The van der Waals surface area contributed by atoms with Crippen LogP contribution in [0.1, 0.15) is 35.1 Å². The van der Waals surface area contributed by atoms with Crippen LogP contribution in [0.25, 0.3) is 11.1 Å². The number of carbonyl (C=O) groups excluding carboxylic acids is 2. The Bertz CT molecular complexity index is 701. The molecule has 2 aromatic rings. The first-order chi connectivity index (χ1) is 11.4. The van der Waals surface area contributed by atoms with Crippen LogP contribution in [0.4, 0.5) is 0 Å². The van der Waals surface area contributed by atoms with Gasteiger partial charge < -0.3 is 11.5 Å². The molecule has 0 radical (unpaired) electrons. The first-order valence-corrected chi connectivity index (χ1v) is 8.14. The molecule has 0 atom stereocenters. The molecule has 2 aromatic carbocycles. The molecule has 0 aliphatic carbocycles. The van der Waals surface area contributed by atoms with Gasteiger partial charge >= 0.3 is 0 Å². The summed E-state index contributed by atoms with van der Waals surface area (Å²) < 4.78 is 0. The van der Waals surface area contributed by atoms with E-state index in [-0.39, 0.29) is 11.8 Å². The van der Waals surface area contributed by atoms with Crippen molar-refractivity contribution < 1.29 is 9.59 Å². The third kappa shape index (κ3) is 4.22. The number of aryl methyl sites for hydroxylation is 4. The summed E-state index contributed by atoms with van der Waals surface area (Å²) in [5.41, 5.74) is 17.4. The van der Waals surface area contributed by atoms with Gasteiger partial charge in [0.25, 0.3) is 0 Å². The van der Waals surface area contributed by atoms with Crippen molar-refractivity contribution in [3.05, 3.63) is 58.7 Å². The van der Waals surface area contributed by atoms with E-state index in [9.17, 15) is 9.59 Å². The van der Waals surface area contributed by atoms with Crippen molar-refractivity contribution in [2.45, 2.75) is 39.5 Å². The molecule has 0 heterocycles. The zero-order valence-electron chi connectivity index (χ0n) is 14.3. The fourth-order valence-electron chi connectivity index (χ4n) is 3.10. The lowest BCUT2D eigenvalue weighted by Crippen LogP contribution is -2.13. The monoisotopic (exact) mass is 324 g/mol. The van der Waals surface area contributed by atoms with Gasteiger partial charge in [-0.05, 0) is 60.1 Å². The lowest BCUT2D eigenvalue weighted by Gasteiger charge is -2.18. The summed E-state index contributed by atoms with van der Waals surface area (Å²) >= 11 is 0. The van der Waals surface area contributed by atoms with Crippen molar-refractivity contribution in [3.63, 3.8) is 0 Å². The van der Waals surface area contributed by atoms with Gasteiger partial charge in [-0.25, -0.2) is 0 Å². The van der Waals surface area contributed by atoms with Crippen LogP contribution < -0.4 is 11.5 Å². The zero-order chi connectivity index (χ0) is 17.7. The van der Waals surface area contributed by atoms with Crippen LogP contribution in [0.2, 0.25) is 0 Å². The maximum atomic E-state index is 11.2. The number of carbonyl (C=O) groups is 2. The zero-order valence-corrected chi connectivity index (χ0v) is 14.3. The lowest BCUT2D eigenvalue weighted by molar-refractivity contribution is -0.118. The van der Waals surface area contributed by atoms with E-state index in [1.54, 1.807) is 0 Å². The number of nitrogens with two attached hydrogens (primary N) is 2. The highest BCUT2D eigenvalue weighted by molar-refractivity contribution is 5.79. The average Bonchev–Trinajstić information content (AvgIpc) is 2.51. The molecular weight excluding hydrogens is 300 g/mol. The summed E-state index contributed by atoms with van der Waals surface area (Å²) in [5, 5.41) is 0. The van der Waals surface area contributed by atoms with E-state index in [1.165, 1.54) is 0 Å². The number of primary amides is 2. The molecule has 0 spiro atoms. The Morgan fingerprint density at radius 2 is 1.12 bits per heavy atom. The maximum Gasteiger partial charge on any atom is 0.217 e. The highest BCUT2D eigenvalue weighted by Crippen LogP contribution is 2.34. The quantitative estimate of drug-likeness (QED) is 0.820. The Morgan fingerprint density at radius 3 is 1.46 bits per heavy atom. The van der Waals surface area contributed by atoms with Gasteiger partial charge in [-0.1, -0.05) is 36.4 Å². The molecule has 0 aliphatic heterocycles. The number of benzene rings is 2. The van der Waals surface area contributed by atoms with Crippen molar-refractivity contribution in [1.29, 1.82) is 0 Å². The largest absolute Gasteiger partial charge is 0.370 e. The van der Waals surface area contributed by atoms with Crippen LogP contribution >= 0.6 is 0 Å². The lowest BCUT2D eigenvalue weighted by atomic mass is 9.86. The minimum absolute atomic E-state index is 0.304. The van der Waals surface area contributed by atoms with E-state index >= 15 is 0 Å². The highest BCUT2D eigenvalue weighted by atomic mass is 16.1. The van der Waals surface area contributed by atoms with Gasteiger partial charge in [-0.2, -0.15) is 0 Å². The van der Waals surface area contributed by atoms with Crippen molar-refractivity contribution in [3.8, 4) is 11.1 Å². The molecule has 4 nitrogen and oxygen atoms in total. The summed E-state index contributed by atoms with van der Waals surface area (Å²) in [6.45, 7) is 4.13. The molecule has 0 saturated carbocycles. The standard InChI is InChI=1S/C20H24N2O2/c1-13-5-3-7-15(9-11-17(21)23)19(13)20-14(2)6-4-8-16(20)10-12-18(22)24/h3-8H,9-12H2,1-2H3,(H2,21,23)(H2,22,24). The second kappa shape index (κ2) is 7.77. The van der Waals surface area contributed by atoms with Gasteiger partial charge in [0.1, 0.15) is 0 Å². The van der Waals surface area contributed by atoms with Crippen LogP contribution in [0.15, 0.2) is 36.4 Å². The van der Waals surface area contributed by atoms with Gasteiger partial charge in [-0.15, -0.1) is 0 Å². The SMILES string of the molecule is Cc1cccc(CCC(N)=O)c1-c1c(C)cccc1CCC(N)=O. The number of amides is 2. The van der Waals surface area contributed by atoms with Gasteiger partial charge in [0, 0.05) is 12.8 Å². The Morgan fingerprint density at radius 1 is 0.750 bits per heavy atom. The summed E-state index contributed by atoms with van der Waals surface area (Å²) in [7, 11) is 0. The summed E-state index contributed by atoms with van der Waals surface area (Å²) in [4.78, 5) is 22.4. The van der Waals surface area contributed by atoms with E-state index < -0.39 is 0 Å². The smallest absolute Gasteiger partial charge is 0.217 e. The fourth-order valence-corrected chi connectivity index (χ4v) is 3.10. The molecular formula is C20H24N2O2. The topological polar surface area (TPSA) is 86.2 Å². The molecule has 2 rings (SSSR count). The molecule has 0 unspecified atom stereocenters. The van der Waals surface area contributed by atoms with E-state index in [4.69, 9.17) is 11.5 Å². The summed E-state index contributed by atoms with van der Waals surface area (Å²) in [5.74, 6) is -0.609. The molecule has 0 fully saturated rings. The molecule has 0 aromatic heterocycles. The van der Waals surface area contributed by atoms with Crippen LogP contribution in [0, 0.1) is 13.8 Å². The fraction of sp³-hybridized carbons (Fsp3) is 0.300. The van der Waals surface area contributed by atoms with Crippen molar-refractivity contribution in [2.24, 2.45) is 11.5 Å². The minimum Gasteiger partial charge on any atom is -0.370 e. The van der Waals surface area contributed by atoms with Crippen LogP contribution in [0.5, 0.6) is 0 Å². The molecule has 0 bridgehead atoms. The number of hydrogen-bond donors (Lipinski definition) is 2. The van der Waals surface area contributed by atoms with Gasteiger partial charge in [0.05, 0.1) is 0 Å². The first kappa shape index (κ1) is 17.7. The molecule has 24 heavy (non-hydrogen) atoms. The molecule has 0 saturated heterocycles. The van der Waals surface area contributed by atoms with Crippen molar-refractivity contribution >= 4 is 11.8 Å². The van der Waals surface area contributed by atoms with Crippen LogP contribution in [-0.4, -0.2) is 11.8 Å². The van der Waals surface area contributed by atoms with E-state index in [0.29, 0.717) is 25.7 Å². The first-order valence-electron chi connectivity index (χ1n) is 8.14. The Balaban J connectivity index is 2.54. The van der Waals surface area contributed by atoms with Gasteiger partial charge in [-0.3, -0.25) is 9.59 Å². The van der Waals surface area contributed by atoms with Gasteiger partial charge in [0.2, 0.25) is 11.8 Å². The molecule has 126 valence electrons.